The normalized spacial score (nSPS) is 20.2. The van der Waals surface area contributed by atoms with Crippen LogP contribution in [0.2, 0.25) is 0 Å². The van der Waals surface area contributed by atoms with Crippen LogP contribution in [0, 0.1) is 0 Å². The number of aliphatic hydroxyl groups excluding tert-OH is 6. The van der Waals surface area contributed by atoms with E-state index in [4.69, 9.17) is 5.11 Å². The lowest BCUT2D eigenvalue weighted by atomic mass is 9.95. The average Bonchev–Trinajstić information content (AvgIpc) is 2.36. The summed E-state index contributed by atoms with van der Waals surface area (Å²) in [6.45, 7) is 1.83. The summed E-state index contributed by atoms with van der Waals surface area (Å²) in [5.41, 5.74) is 0. The number of hydrogen-bond donors (Lipinski definition) is 6. The van der Waals surface area contributed by atoms with E-state index in [1.807, 2.05) is 6.92 Å². The van der Waals surface area contributed by atoms with Gasteiger partial charge in [0.05, 0.1) is 12.2 Å². The van der Waals surface area contributed by atoms with E-state index in [0.29, 0.717) is 25.7 Å². The molecule has 18 heavy (non-hydrogen) atoms. The first kappa shape index (κ1) is 17.8. The quantitative estimate of drug-likeness (QED) is 0.275. The molecule has 0 heterocycles. The van der Waals surface area contributed by atoms with Crippen molar-refractivity contribution in [3.63, 3.8) is 0 Å². The van der Waals surface area contributed by atoms with Crippen molar-refractivity contribution in [3.05, 3.63) is 0 Å². The van der Waals surface area contributed by atoms with Crippen LogP contribution < -0.4 is 0 Å². The van der Waals surface area contributed by atoms with Crippen molar-refractivity contribution < 1.29 is 30.6 Å². The monoisotopic (exact) mass is 266 g/mol. The van der Waals surface area contributed by atoms with Crippen LogP contribution in [-0.4, -0.2) is 67.8 Å². The van der Waals surface area contributed by atoms with Crippen LogP contribution in [0.1, 0.15) is 39.0 Å². The first-order valence-electron chi connectivity index (χ1n) is 6.46. The van der Waals surface area contributed by atoms with Gasteiger partial charge in [0.2, 0.25) is 0 Å². The van der Waals surface area contributed by atoms with Gasteiger partial charge in [-0.2, -0.15) is 0 Å². The van der Waals surface area contributed by atoms with Gasteiger partial charge in [-0.15, -0.1) is 0 Å². The molecule has 0 aliphatic heterocycles. The molecule has 0 amide bonds. The van der Waals surface area contributed by atoms with Gasteiger partial charge >= 0.3 is 0 Å². The van der Waals surface area contributed by atoms with E-state index in [2.05, 4.69) is 0 Å². The Bertz CT molecular complexity index is 201. The molecule has 110 valence electrons. The molecule has 0 spiro atoms. The molecule has 6 heteroatoms. The second-order valence-electron chi connectivity index (χ2n) is 4.61. The zero-order valence-corrected chi connectivity index (χ0v) is 10.8. The number of rotatable bonds is 10. The van der Waals surface area contributed by atoms with Crippen LogP contribution in [0.15, 0.2) is 0 Å². The summed E-state index contributed by atoms with van der Waals surface area (Å²) in [6, 6.07) is 0. The molecule has 0 fully saturated rings. The predicted octanol–water partition coefficient (Wildman–Crippen LogP) is -1.25. The summed E-state index contributed by atoms with van der Waals surface area (Å²) < 4.78 is 0. The molecule has 0 aromatic carbocycles. The number of unbranched alkanes of at least 4 members (excludes halogenated alkanes) is 1. The zero-order valence-electron chi connectivity index (χ0n) is 10.8. The van der Waals surface area contributed by atoms with Crippen molar-refractivity contribution in [2.75, 3.05) is 6.61 Å². The molecule has 0 radical (unpaired) electrons. The van der Waals surface area contributed by atoms with Gasteiger partial charge in [-0.05, 0) is 25.7 Å². The maximum absolute atomic E-state index is 9.64. The lowest BCUT2D eigenvalue weighted by molar-refractivity contribution is -0.135. The molecule has 0 saturated heterocycles. The maximum atomic E-state index is 9.64. The highest BCUT2D eigenvalue weighted by Crippen LogP contribution is 2.14. The maximum Gasteiger partial charge on any atom is 0.111 e. The summed E-state index contributed by atoms with van der Waals surface area (Å²) in [5.74, 6) is 0. The number of hydrogen-bond acceptors (Lipinski definition) is 6. The first-order valence-corrected chi connectivity index (χ1v) is 6.46. The minimum absolute atomic E-state index is 0.00318. The van der Waals surface area contributed by atoms with E-state index in [0.717, 1.165) is 0 Å². The Morgan fingerprint density at radius 1 is 0.722 bits per heavy atom. The van der Waals surface area contributed by atoms with Gasteiger partial charge in [0.25, 0.3) is 0 Å². The Balaban J connectivity index is 4.17. The van der Waals surface area contributed by atoms with E-state index in [-0.39, 0.29) is 13.0 Å². The highest BCUT2D eigenvalue weighted by molar-refractivity contribution is 4.84. The van der Waals surface area contributed by atoms with Gasteiger partial charge in [-0.1, -0.05) is 13.3 Å². The van der Waals surface area contributed by atoms with Gasteiger partial charge in [0, 0.05) is 6.61 Å². The summed E-state index contributed by atoms with van der Waals surface area (Å²) in [5, 5.41) is 56.5. The van der Waals surface area contributed by atoms with Crippen molar-refractivity contribution in [2.45, 2.75) is 69.5 Å². The Kier molecular flexibility index (Phi) is 9.53. The summed E-state index contributed by atoms with van der Waals surface area (Å²) in [6.07, 6.45) is -4.70. The van der Waals surface area contributed by atoms with Crippen LogP contribution in [0.25, 0.3) is 0 Å². The molecular weight excluding hydrogens is 240 g/mol. The second-order valence-corrected chi connectivity index (χ2v) is 4.61. The van der Waals surface area contributed by atoms with E-state index in [9.17, 15) is 25.5 Å². The molecule has 0 aromatic rings. The summed E-state index contributed by atoms with van der Waals surface area (Å²) in [4.78, 5) is 0. The third-order valence-corrected chi connectivity index (χ3v) is 2.98. The average molecular weight is 266 g/mol. The molecule has 0 aliphatic carbocycles. The van der Waals surface area contributed by atoms with Crippen molar-refractivity contribution in [1.29, 1.82) is 0 Å². The minimum Gasteiger partial charge on any atom is -0.396 e. The van der Waals surface area contributed by atoms with Gasteiger partial charge in [-0.25, -0.2) is 0 Å². The highest BCUT2D eigenvalue weighted by atomic mass is 16.4. The fourth-order valence-corrected chi connectivity index (χ4v) is 1.76. The molecule has 0 rings (SSSR count). The fourth-order valence-electron chi connectivity index (χ4n) is 1.76. The molecule has 5 atom stereocenters. The zero-order chi connectivity index (χ0) is 14.1. The van der Waals surface area contributed by atoms with E-state index >= 15 is 0 Å². The Morgan fingerprint density at radius 2 is 1.22 bits per heavy atom. The van der Waals surface area contributed by atoms with E-state index in [1.165, 1.54) is 0 Å². The van der Waals surface area contributed by atoms with Crippen molar-refractivity contribution >= 4 is 0 Å². The van der Waals surface area contributed by atoms with Crippen LogP contribution in [0.5, 0.6) is 0 Å². The molecule has 0 unspecified atom stereocenters. The van der Waals surface area contributed by atoms with Crippen LogP contribution >= 0.6 is 0 Å². The van der Waals surface area contributed by atoms with Crippen molar-refractivity contribution in [1.82, 2.24) is 0 Å². The molecule has 0 bridgehead atoms. The van der Waals surface area contributed by atoms with Crippen molar-refractivity contribution in [3.8, 4) is 0 Å². The molecule has 0 saturated carbocycles. The molecular formula is C12H26O6. The van der Waals surface area contributed by atoms with Gasteiger partial charge in [0.15, 0.2) is 0 Å². The standard InChI is InChI=1S/C12H26O6/c1-2-5-8(14)10(16)12(18)11(17)9(15)6-3-4-7-13/h8-18H,2-7H2,1H3/t8-,9+,10-,11+,12+/m0/s1. The Morgan fingerprint density at radius 3 is 1.67 bits per heavy atom. The molecule has 0 aliphatic rings. The molecule has 6 N–H and O–H groups in total. The third-order valence-electron chi connectivity index (χ3n) is 2.98. The smallest absolute Gasteiger partial charge is 0.111 e. The molecule has 0 aromatic heterocycles. The van der Waals surface area contributed by atoms with Crippen LogP contribution in [0.4, 0.5) is 0 Å². The highest BCUT2D eigenvalue weighted by Gasteiger charge is 2.33. The van der Waals surface area contributed by atoms with E-state index in [1.54, 1.807) is 0 Å². The van der Waals surface area contributed by atoms with Gasteiger partial charge < -0.3 is 30.6 Å². The number of aliphatic hydroxyl groups is 6. The van der Waals surface area contributed by atoms with Crippen LogP contribution in [-0.2, 0) is 0 Å². The first-order chi connectivity index (χ1) is 8.45. The lowest BCUT2D eigenvalue weighted by Crippen LogP contribution is -2.49. The largest absolute Gasteiger partial charge is 0.396 e. The third kappa shape index (κ3) is 6.08. The molecule has 6 nitrogen and oxygen atoms in total. The topological polar surface area (TPSA) is 121 Å². The van der Waals surface area contributed by atoms with Crippen molar-refractivity contribution in [2.24, 2.45) is 0 Å². The summed E-state index contributed by atoms with van der Waals surface area (Å²) in [7, 11) is 0. The van der Waals surface area contributed by atoms with E-state index < -0.39 is 30.5 Å². The van der Waals surface area contributed by atoms with Crippen LogP contribution in [0.3, 0.4) is 0 Å². The van der Waals surface area contributed by atoms with Gasteiger partial charge in [0.1, 0.15) is 18.3 Å². The van der Waals surface area contributed by atoms with Gasteiger partial charge in [-0.3, -0.25) is 0 Å². The predicted molar refractivity (Wildman–Crippen MR) is 65.9 cm³/mol. The Labute approximate surface area is 108 Å². The summed E-state index contributed by atoms with van der Waals surface area (Å²) >= 11 is 0. The second kappa shape index (κ2) is 9.66. The lowest BCUT2D eigenvalue weighted by Gasteiger charge is -2.29. The Hall–Kier alpha value is -0.240. The SMILES string of the molecule is CCC[C@H](O)[C@H](O)[C@@H](O)[C@H](O)[C@H](O)CCCCO. The fraction of sp³-hybridized carbons (Fsp3) is 1.00. The minimum atomic E-state index is -1.59.